The predicted molar refractivity (Wildman–Crippen MR) is 122 cm³/mol. The van der Waals surface area contributed by atoms with E-state index in [0.717, 1.165) is 45.4 Å². The summed E-state index contributed by atoms with van der Waals surface area (Å²) in [4.78, 5) is 39.8. The molecule has 1 aromatic heterocycles. The number of pyridine rings is 1. The number of aromatic nitrogens is 1. The first-order valence-corrected chi connectivity index (χ1v) is 11.7. The number of allylic oxidation sites excluding steroid dienone is 2. The van der Waals surface area contributed by atoms with Gasteiger partial charge < -0.3 is 15.1 Å². The van der Waals surface area contributed by atoms with Gasteiger partial charge in [-0.3, -0.25) is 14.7 Å². The van der Waals surface area contributed by atoms with Gasteiger partial charge in [-0.05, 0) is 49.8 Å². The number of aliphatic carboxylic acids is 2. The standard InChI is InChI=1S/C20H27N3O.2C2HF3O2/c1-20(8-3-2-4-9-20)19(24)23-14-17-7-11-22(18(17)15-23)13-16-6-5-10-21-12-16;2*3-2(4,5)1(6)7/h2-3,5-6,10,12,17-18H,4,7-9,11,13-15H2,1H3;2*(H,6,7)/t17-,18+,20?;;/m0../s1. The quantitative estimate of drug-likeness (QED) is 0.428. The lowest BCUT2D eigenvalue weighted by atomic mass is 9.78. The normalized spacial score (nSPS) is 25.0. The van der Waals surface area contributed by atoms with Gasteiger partial charge in [-0.1, -0.05) is 25.1 Å². The molecule has 0 saturated carbocycles. The fourth-order valence-corrected chi connectivity index (χ4v) is 4.68. The van der Waals surface area contributed by atoms with E-state index in [9.17, 15) is 31.1 Å². The Labute approximate surface area is 214 Å². The predicted octanol–water partition coefficient (Wildman–Crippen LogP) is 4.13. The maximum Gasteiger partial charge on any atom is 0.490 e. The van der Waals surface area contributed by atoms with E-state index in [4.69, 9.17) is 19.8 Å². The molecule has 1 aromatic rings. The van der Waals surface area contributed by atoms with Crippen LogP contribution < -0.4 is 0 Å². The second kappa shape index (κ2) is 12.6. The van der Waals surface area contributed by atoms with Crippen LogP contribution in [0.3, 0.4) is 0 Å². The molecule has 3 heterocycles. The number of alkyl halides is 6. The van der Waals surface area contributed by atoms with Crippen LogP contribution in [-0.4, -0.2) is 80.9 Å². The van der Waals surface area contributed by atoms with Gasteiger partial charge in [0.2, 0.25) is 5.91 Å². The number of carboxylic acids is 2. The minimum Gasteiger partial charge on any atom is -0.475 e. The fourth-order valence-electron chi connectivity index (χ4n) is 4.68. The first-order valence-electron chi connectivity index (χ1n) is 11.7. The third-order valence-corrected chi connectivity index (χ3v) is 6.66. The molecule has 3 aliphatic rings. The van der Waals surface area contributed by atoms with E-state index in [1.54, 1.807) is 0 Å². The van der Waals surface area contributed by atoms with Crippen LogP contribution in [0.5, 0.6) is 0 Å². The van der Waals surface area contributed by atoms with Crippen LogP contribution in [0.1, 0.15) is 38.2 Å². The maximum absolute atomic E-state index is 13.1. The zero-order valence-electron chi connectivity index (χ0n) is 20.5. The van der Waals surface area contributed by atoms with E-state index in [1.807, 2.05) is 18.5 Å². The molecule has 2 saturated heterocycles. The molecule has 212 valence electrons. The zero-order chi connectivity index (χ0) is 28.7. The van der Waals surface area contributed by atoms with Crippen LogP contribution in [0.2, 0.25) is 0 Å². The Balaban J connectivity index is 0.000000301. The highest BCUT2D eigenvalue weighted by atomic mass is 19.4. The summed E-state index contributed by atoms with van der Waals surface area (Å²) in [5.41, 5.74) is 1.09. The van der Waals surface area contributed by atoms with E-state index in [1.165, 1.54) is 12.0 Å². The Bertz CT molecular complexity index is 978. The number of hydrogen-bond donors (Lipinski definition) is 2. The molecule has 4 rings (SSSR count). The molecule has 2 N–H and O–H groups in total. The molecule has 0 bridgehead atoms. The molecule has 38 heavy (non-hydrogen) atoms. The largest absolute Gasteiger partial charge is 0.490 e. The Kier molecular flexibility index (Phi) is 10.3. The molecule has 1 amide bonds. The summed E-state index contributed by atoms with van der Waals surface area (Å²) in [5, 5.41) is 14.2. The lowest BCUT2D eigenvalue weighted by Crippen LogP contribution is -2.44. The van der Waals surface area contributed by atoms with Gasteiger partial charge >= 0.3 is 24.3 Å². The number of rotatable bonds is 3. The molecule has 3 atom stereocenters. The Morgan fingerprint density at radius 2 is 1.66 bits per heavy atom. The molecule has 2 aliphatic heterocycles. The fraction of sp³-hybridized carbons (Fsp3) is 0.583. The minimum atomic E-state index is -5.08. The molecule has 2 fully saturated rings. The number of nitrogens with zero attached hydrogens (tertiary/aromatic N) is 3. The van der Waals surface area contributed by atoms with Crippen LogP contribution >= 0.6 is 0 Å². The average molecular weight is 554 g/mol. The number of carbonyl (C=O) groups excluding carboxylic acids is 1. The summed E-state index contributed by atoms with van der Waals surface area (Å²) in [7, 11) is 0. The number of likely N-dealkylation sites (tertiary alicyclic amines) is 2. The zero-order valence-corrected chi connectivity index (χ0v) is 20.5. The summed E-state index contributed by atoms with van der Waals surface area (Å²) in [6.45, 7) is 6.11. The van der Waals surface area contributed by atoms with Crippen molar-refractivity contribution in [1.29, 1.82) is 0 Å². The molecule has 1 unspecified atom stereocenters. The lowest BCUT2D eigenvalue weighted by molar-refractivity contribution is -0.193. The van der Waals surface area contributed by atoms with Crippen molar-refractivity contribution in [2.45, 2.75) is 57.5 Å². The second-order valence-corrected chi connectivity index (χ2v) is 9.54. The van der Waals surface area contributed by atoms with Crippen LogP contribution in [-0.2, 0) is 20.9 Å². The number of halogens is 6. The van der Waals surface area contributed by atoms with Crippen LogP contribution in [0.4, 0.5) is 26.3 Å². The third kappa shape index (κ3) is 8.71. The SMILES string of the molecule is CC1(C(=O)N2C[C@@H]3CCN(Cc4cccnc4)[C@@H]3C2)CC=CCC1.O=C(O)C(F)(F)F.O=C(O)C(F)(F)F. The highest BCUT2D eigenvalue weighted by molar-refractivity contribution is 5.83. The van der Waals surface area contributed by atoms with E-state index in [-0.39, 0.29) is 5.41 Å². The third-order valence-electron chi connectivity index (χ3n) is 6.66. The Morgan fingerprint density at radius 3 is 2.13 bits per heavy atom. The Morgan fingerprint density at radius 1 is 1.05 bits per heavy atom. The van der Waals surface area contributed by atoms with Gasteiger partial charge in [0.1, 0.15) is 0 Å². The van der Waals surface area contributed by atoms with Crippen molar-refractivity contribution in [3.05, 3.63) is 42.2 Å². The highest BCUT2D eigenvalue weighted by Crippen LogP contribution is 2.38. The molecule has 8 nitrogen and oxygen atoms in total. The highest BCUT2D eigenvalue weighted by Gasteiger charge is 2.46. The van der Waals surface area contributed by atoms with Crippen LogP contribution in [0.25, 0.3) is 0 Å². The van der Waals surface area contributed by atoms with E-state index in [0.29, 0.717) is 17.9 Å². The van der Waals surface area contributed by atoms with Gasteiger partial charge in [-0.2, -0.15) is 26.3 Å². The molecule has 1 aliphatic carbocycles. The summed E-state index contributed by atoms with van der Waals surface area (Å²) in [5.74, 6) is -4.49. The van der Waals surface area contributed by atoms with Crippen molar-refractivity contribution in [3.8, 4) is 0 Å². The Hall–Kier alpha value is -3.16. The molecule has 0 radical (unpaired) electrons. The van der Waals surface area contributed by atoms with Crippen molar-refractivity contribution in [2.24, 2.45) is 11.3 Å². The van der Waals surface area contributed by atoms with Crippen molar-refractivity contribution < 1.29 is 50.9 Å². The maximum atomic E-state index is 13.1. The molecule has 0 aromatic carbocycles. The number of fused-ring (bicyclic) bond motifs is 1. The van der Waals surface area contributed by atoms with E-state index >= 15 is 0 Å². The molecule has 14 heteroatoms. The van der Waals surface area contributed by atoms with Gasteiger partial charge in [0.15, 0.2) is 0 Å². The van der Waals surface area contributed by atoms with Gasteiger partial charge in [-0.15, -0.1) is 0 Å². The van der Waals surface area contributed by atoms with Crippen LogP contribution in [0.15, 0.2) is 36.7 Å². The smallest absolute Gasteiger partial charge is 0.475 e. The van der Waals surface area contributed by atoms with Crippen molar-refractivity contribution >= 4 is 17.8 Å². The van der Waals surface area contributed by atoms with E-state index in [2.05, 4.69) is 39.9 Å². The second-order valence-electron chi connectivity index (χ2n) is 9.54. The van der Waals surface area contributed by atoms with Crippen LogP contribution in [0, 0.1) is 11.3 Å². The van der Waals surface area contributed by atoms with Gasteiger partial charge in [0.25, 0.3) is 0 Å². The monoisotopic (exact) mass is 553 g/mol. The first kappa shape index (κ1) is 31.1. The number of hydrogen-bond acceptors (Lipinski definition) is 5. The molecular formula is C24H29F6N3O5. The van der Waals surface area contributed by atoms with E-state index < -0.39 is 24.3 Å². The summed E-state index contributed by atoms with van der Waals surface area (Å²) < 4.78 is 63.5. The summed E-state index contributed by atoms with van der Waals surface area (Å²) in [6, 6.07) is 4.68. The van der Waals surface area contributed by atoms with Gasteiger partial charge in [-0.25, -0.2) is 9.59 Å². The summed E-state index contributed by atoms with van der Waals surface area (Å²) in [6.07, 6.45) is 2.16. The average Bonchev–Trinajstić information content (AvgIpc) is 3.41. The summed E-state index contributed by atoms with van der Waals surface area (Å²) >= 11 is 0. The van der Waals surface area contributed by atoms with Gasteiger partial charge in [0.05, 0.1) is 5.41 Å². The van der Waals surface area contributed by atoms with Crippen molar-refractivity contribution in [3.63, 3.8) is 0 Å². The van der Waals surface area contributed by atoms with Gasteiger partial charge in [0, 0.05) is 38.1 Å². The topological polar surface area (TPSA) is 111 Å². The van der Waals surface area contributed by atoms with Crippen molar-refractivity contribution in [2.75, 3.05) is 19.6 Å². The molecule has 0 spiro atoms. The lowest BCUT2D eigenvalue weighted by Gasteiger charge is -2.34. The number of carboxylic acid groups (broad SMARTS) is 2. The first-order chi connectivity index (χ1) is 17.5. The minimum absolute atomic E-state index is 0.179. The number of amides is 1. The number of carbonyl (C=O) groups is 3. The molecular weight excluding hydrogens is 524 g/mol. The van der Waals surface area contributed by atoms with Crippen molar-refractivity contribution in [1.82, 2.24) is 14.8 Å².